The molecule has 1 N–H and O–H groups in total. The predicted molar refractivity (Wildman–Crippen MR) is 95.8 cm³/mol. The minimum atomic E-state index is -0.615. The van der Waals surface area contributed by atoms with Crippen molar-refractivity contribution in [2.75, 3.05) is 0 Å². The predicted octanol–water partition coefficient (Wildman–Crippen LogP) is 2.33. The zero-order valence-corrected chi connectivity index (χ0v) is 14.7. The molecule has 0 unspecified atom stereocenters. The van der Waals surface area contributed by atoms with Gasteiger partial charge in [0.1, 0.15) is 18.2 Å². The molecular weight excluding hydrogens is 354 g/mol. The topological polar surface area (TPSA) is 68.9 Å². The molecule has 0 aliphatic carbocycles. The van der Waals surface area contributed by atoms with E-state index in [1.807, 2.05) is 37.3 Å². The molecule has 0 radical (unpaired) electrons. The SMILES string of the molecule is CCn1c(-c2ccccc2)nn(CC(=O)NCc2cc(F)ccc2F)c1=O. The van der Waals surface area contributed by atoms with Gasteiger partial charge in [0.25, 0.3) is 0 Å². The number of rotatable bonds is 6. The molecule has 27 heavy (non-hydrogen) atoms. The molecule has 0 bridgehead atoms. The van der Waals surface area contributed by atoms with Crippen LogP contribution in [0, 0.1) is 11.6 Å². The fourth-order valence-electron chi connectivity index (χ4n) is 2.69. The fraction of sp³-hybridized carbons (Fsp3) is 0.211. The van der Waals surface area contributed by atoms with Gasteiger partial charge in [-0.15, -0.1) is 5.10 Å². The molecule has 0 spiro atoms. The van der Waals surface area contributed by atoms with Gasteiger partial charge in [0.05, 0.1) is 0 Å². The lowest BCUT2D eigenvalue weighted by molar-refractivity contribution is -0.122. The molecule has 0 saturated carbocycles. The molecule has 3 rings (SSSR count). The van der Waals surface area contributed by atoms with E-state index in [2.05, 4.69) is 10.4 Å². The zero-order valence-electron chi connectivity index (χ0n) is 14.7. The summed E-state index contributed by atoms with van der Waals surface area (Å²) in [6.45, 7) is 1.71. The zero-order chi connectivity index (χ0) is 19.4. The number of carbonyl (C=O) groups is 1. The lowest BCUT2D eigenvalue weighted by atomic mass is 10.2. The van der Waals surface area contributed by atoms with Crippen LogP contribution in [0.25, 0.3) is 11.4 Å². The van der Waals surface area contributed by atoms with Crippen molar-refractivity contribution in [2.45, 2.75) is 26.6 Å². The van der Waals surface area contributed by atoms with Gasteiger partial charge in [-0.25, -0.2) is 18.3 Å². The van der Waals surface area contributed by atoms with Crippen LogP contribution in [-0.4, -0.2) is 20.3 Å². The highest BCUT2D eigenvalue weighted by Crippen LogP contribution is 2.14. The Balaban J connectivity index is 1.75. The van der Waals surface area contributed by atoms with Gasteiger partial charge in [-0.2, -0.15) is 0 Å². The van der Waals surface area contributed by atoms with Crippen molar-refractivity contribution in [3.63, 3.8) is 0 Å². The molecule has 0 aliphatic rings. The summed E-state index contributed by atoms with van der Waals surface area (Å²) in [5, 5.41) is 6.72. The van der Waals surface area contributed by atoms with E-state index in [0.717, 1.165) is 28.4 Å². The number of benzene rings is 2. The Morgan fingerprint density at radius 1 is 1.15 bits per heavy atom. The van der Waals surface area contributed by atoms with E-state index in [1.165, 1.54) is 4.57 Å². The highest BCUT2D eigenvalue weighted by molar-refractivity contribution is 5.75. The average Bonchev–Trinajstić information content (AvgIpc) is 2.98. The monoisotopic (exact) mass is 372 g/mol. The molecule has 1 amide bonds. The summed E-state index contributed by atoms with van der Waals surface area (Å²) >= 11 is 0. The summed E-state index contributed by atoms with van der Waals surface area (Å²) in [7, 11) is 0. The second kappa shape index (κ2) is 7.94. The highest BCUT2D eigenvalue weighted by atomic mass is 19.1. The van der Waals surface area contributed by atoms with Crippen LogP contribution >= 0.6 is 0 Å². The van der Waals surface area contributed by atoms with E-state index >= 15 is 0 Å². The van der Waals surface area contributed by atoms with Gasteiger partial charge < -0.3 is 5.32 Å². The van der Waals surface area contributed by atoms with Crippen molar-refractivity contribution in [3.05, 3.63) is 76.2 Å². The minimum Gasteiger partial charge on any atom is -0.350 e. The lowest BCUT2D eigenvalue weighted by Crippen LogP contribution is -2.33. The summed E-state index contributed by atoms with van der Waals surface area (Å²) in [5.74, 6) is -1.27. The number of hydrogen-bond acceptors (Lipinski definition) is 3. The van der Waals surface area contributed by atoms with Crippen molar-refractivity contribution < 1.29 is 13.6 Å². The molecule has 2 aromatic carbocycles. The van der Waals surface area contributed by atoms with E-state index in [-0.39, 0.29) is 18.7 Å². The summed E-state index contributed by atoms with van der Waals surface area (Å²) in [5.41, 5.74) is 0.376. The summed E-state index contributed by atoms with van der Waals surface area (Å²) < 4.78 is 29.3. The Morgan fingerprint density at radius 2 is 1.89 bits per heavy atom. The summed E-state index contributed by atoms with van der Waals surface area (Å²) in [6, 6.07) is 12.2. The fourth-order valence-corrected chi connectivity index (χ4v) is 2.69. The summed E-state index contributed by atoms with van der Waals surface area (Å²) in [6.07, 6.45) is 0. The molecule has 0 saturated heterocycles. The Labute approximate surface area is 154 Å². The Bertz CT molecular complexity index is 1010. The highest BCUT2D eigenvalue weighted by Gasteiger charge is 2.16. The first-order chi connectivity index (χ1) is 13.0. The lowest BCUT2D eigenvalue weighted by Gasteiger charge is -2.06. The normalized spacial score (nSPS) is 10.8. The van der Waals surface area contributed by atoms with Crippen LogP contribution in [0.3, 0.4) is 0 Å². The largest absolute Gasteiger partial charge is 0.350 e. The molecule has 0 fully saturated rings. The van der Waals surface area contributed by atoms with Crippen LogP contribution in [0.15, 0.2) is 53.3 Å². The van der Waals surface area contributed by atoms with Gasteiger partial charge in [0.15, 0.2) is 5.82 Å². The van der Waals surface area contributed by atoms with Gasteiger partial charge >= 0.3 is 5.69 Å². The minimum absolute atomic E-state index is 0.0276. The van der Waals surface area contributed by atoms with Crippen LogP contribution in [0.1, 0.15) is 12.5 Å². The van der Waals surface area contributed by atoms with Gasteiger partial charge in [-0.1, -0.05) is 30.3 Å². The van der Waals surface area contributed by atoms with E-state index in [0.29, 0.717) is 12.4 Å². The third-order valence-electron chi connectivity index (χ3n) is 4.05. The molecule has 1 aromatic heterocycles. The Kier molecular flexibility index (Phi) is 5.44. The Hall–Kier alpha value is -3.29. The number of amides is 1. The van der Waals surface area contributed by atoms with E-state index in [1.54, 1.807) is 0 Å². The number of hydrogen-bond donors (Lipinski definition) is 1. The number of nitrogens with zero attached hydrogens (tertiary/aromatic N) is 3. The molecule has 0 aliphatic heterocycles. The molecular formula is C19H18F2N4O2. The van der Waals surface area contributed by atoms with E-state index < -0.39 is 23.2 Å². The van der Waals surface area contributed by atoms with Gasteiger partial charge in [0, 0.05) is 24.2 Å². The van der Waals surface area contributed by atoms with Crippen molar-refractivity contribution in [3.8, 4) is 11.4 Å². The van der Waals surface area contributed by atoms with Crippen molar-refractivity contribution in [1.82, 2.24) is 19.7 Å². The maximum Gasteiger partial charge on any atom is 0.346 e. The molecule has 0 atom stereocenters. The maximum absolute atomic E-state index is 13.6. The molecule has 1 heterocycles. The van der Waals surface area contributed by atoms with Crippen LogP contribution in [0.5, 0.6) is 0 Å². The third kappa shape index (κ3) is 4.11. The van der Waals surface area contributed by atoms with Gasteiger partial charge in [-0.3, -0.25) is 9.36 Å². The first-order valence-electron chi connectivity index (χ1n) is 8.43. The maximum atomic E-state index is 13.6. The van der Waals surface area contributed by atoms with Gasteiger partial charge in [-0.05, 0) is 25.1 Å². The van der Waals surface area contributed by atoms with Crippen molar-refractivity contribution in [2.24, 2.45) is 0 Å². The number of aromatic nitrogens is 3. The quantitative estimate of drug-likeness (QED) is 0.722. The van der Waals surface area contributed by atoms with Crippen LogP contribution < -0.4 is 11.0 Å². The molecule has 6 nitrogen and oxygen atoms in total. The van der Waals surface area contributed by atoms with Crippen LogP contribution in [-0.2, 0) is 24.4 Å². The van der Waals surface area contributed by atoms with Crippen LogP contribution in [0.2, 0.25) is 0 Å². The third-order valence-corrected chi connectivity index (χ3v) is 4.05. The van der Waals surface area contributed by atoms with Crippen molar-refractivity contribution >= 4 is 5.91 Å². The average molecular weight is 372 g/mol. The number of halogens is 2. The van der Waals surface area contributed by atoms with Crippen LogP contribution in [0.4, 0.5) is 8.78 Å². The first-order valence-corrected chi connectivity index (χ1v) is 8.43. The first kappa shape index (κ1) is 18.5. The number of nitrogens with one attached hydrogen (secondary N) is 1. The van der Waals surface area contributed by atoms with E-state index in [4.69, 9.17) is 0 Å². The van der Waals surface area contributed by atoms with Gasteiger partial charge in [0.2, 0.25) is 5.91 Å². The summed E-state index contributed by atoms with van der Waals surface area (Å²) in [4.78, 5) is 24.6. The van der Waals surface area contributed by atoms with E-state index in [9.17, 15) is 18.4 Å². The molecule has 140 valence electrons. The molecule has 8 heteroatoms. The second-order valence-corrected chi connectivity index (χ2v) is 5.89. The standard InChI is InChI=1S/C19H18F2N4O2/c1-2-24-18(13-6-4-3-5-7-13)23-25(19(24)27)12-17(26)22-11-14-10-15(20)8-9-16(14)21/h3-10H,2,11-12H2,1H3,(H,22,26). The Morgan fingerprint density at radius 3 is 2.59 bits per heavy atom. The van der Waals surface area contributed by atoms with Crippen molar-refractivity contribution in [1.29, 1.82) is 0 Å². The molecule has 3 aromatic rings. The second-order valence-electron chi connectivity index (χ2n) is 5.89. The smallest absolute Gasteiger partial charge is 0.346 e. The number of carbonyl (C=O) groups excluding carboxylic acids is 1.